The second-order valence-corrected chi connectivity index (χ2v) is 6.88. The molecule has 1 aliphatic heterocycles. The van der Waals surface area contributed by atoms with E-state index in [0.29, 0.717) is 12.2 Å². The highest BCUT2D eigenvalue weighted by Crippen LogP contribution is 2.29. The first-order valence-corrected chi connectivity index (χ1v) is 8.29. The third-order valence-electron chi connectivity index (χ3n) is 4.20. The summed E-state index contributed by atoms with van der Waals surface area (Å²) in [6.45, 7) is 3.90. The summed E-state index contributed by atoms with van der Waals surface area (Å²) in [6.07, 6.45) is 2.51. The lowest BCUT2D eigenvalue weighted by Crippen LogP contribution is -2.44. The van der Waals surface area contributed by atoms with Crippen molar-refractivity contribution in [1.82, 2.24) is 10.3 Å². The number of piperidine rings is 1. The summed E-state index contributed by atoms with van der Waals surface area (Å²) >= 11 is 1.58. The fourth-order valence-corrected chi connectivity index (χ4v) is 3.58. The van der Waals surface area contributed by atoms with E-state index in [1.807, 2.05) is 35.7 Å². The Morgan fingerprint density at radius 1 is 1.38 bits per heavy atom. The molecule has 0 spiro atoms. The first-order chi connectivity index (χ1) is 10.2. The van der Waals surface area contributed by atoms with E-state index in [2.05, 4.69) is 17.2 Å². The molecule has 2 heterocycles. The summed E-state index contributed by atoms with van der Waals surface area (Å²) in [4.78, 5) is 17.2. The maximum absolute atomic E-state index is 12.6. The number of Topliss-reactive ketones (excluding diaryl/α,β-unsaturated/α-hetero) is 1. The number of aromatic nitrogens is 1. The number of hydrogen-bond donors (Lipinski definition) is 1. The number of hydrogen-bond acceptors (Lipinski definition) is 4. The van der Waals surface area contributed by atoms with Crippen LogP contribution in [-0.4, -0.2) is 23.9 Å². The molecule has 0 bridgehead atoms. The van der Waals surface area contributed by atoms with E-state index in [9.17, 15) is 4.79 Å². The van der Waals surface area contributed by atoms with E-state index in [4.69, 9.17) is 0 Å². The fraction of sp³-hybridized carbons (Fsp3) is 0.412. The molecular weight excluding hydrogens is 280 g/mol. The van der Waals surface area contributed by atoms with Crippen molar-refractivity contribution in [2.75, 3.05) is 13.1 Å². The van der Waals surface area contributed by atoms with Gasteiger partial charge < -0.3 is 5.32 Å². The van der Waals surface area contributed by atoms with Crippen molar-refractivity contribution in [3.63, 3.8) is 0 Å². The molecule has 3 nitrogen and oxygen atoms in total. The molecule has 21 heavy (non-hydrogen) atoms. The highest BCUT2D eigenvalue weighted by Gasteiger charge is 2.34. The van der Waals surface area contributed by atoms with Gasteiger partial charge in [-0.1, -0.05) is 37.3 Å². The van der Waals surface area contributed by atoms with E-state index in [1.54, 1.807) is 11.3 Å². The third-order valence-corrected chi connectivity index (χ3v) is 5.05. The van der Waals surface area contributed by atoms with Gasteiger partial charge in [-0.05, 0) is 19.4 Å². The summed E-state index contributed by atoms with van der Waals surface area (Å²) in [5.74, 6) is 0.309. The molecule has 1 aliphatic rings. The lowest BCUT2D eigenvalue weighted by molar-refractivity contribution is -0.128. The van der Waals surface area contributed by atoms with Gasteiger partial charge in [-0.2, -0.15) is 0 Å². The number of benzene rings is 1. The fourth-order valence-electron chi connectivity index (χ4n) is 2.78. The Kier molecular flexibility index (Phi) is 4.17. The molecule has 0 radical (unpaired) electrons. The number of nitrogens with one attached hydrogen (secondary N) is 1. The van der Waals surface area contributed by atoms with Crippen LogP contribution < -0.4 is 5.32 Å². The lowest BCUT2D eigenvalue weighted by Gasteiger charge is -2.32. The zero-order valence-electron chi connectivity index (χ0n) is 12.3. The van der Waals surface area contributed by atoms with Crippen LogP contribution in [0.2, 0.25) is 0 Å². The normalized spacial score (nSPS) is 22.1. The highest BCUT2D eigenvalue weighted by molar-refractivity contribution is 7.10. The van der Waals surface area contributed by atoms with Gasteiger partial charge in [0.25, 0.3) is 0 Å². The van der Waals surface area contributed by atoms with E-state index in [1.165, 1.54) is 0 Å². The van der Waals surface area contributed by atoms with Gasteiger partial charge in [-0.25, -0.2) is 4.98 Å². The lowest BCUT2D eigenvalue weighted by atomic mass is 9.78. The van der Waals surface area contributed by atoms with Gasteiger partial charge in [-0.3, -0.25) is 4.79 Å². The smallest absolute Gasteiger partial charge is 0.146 e. The second-order valence-electron chi connectivity index (χ2n) is 5.93. The molecule has 1 aromatic heterocycles. The quantitative estimate of drug-likeness (QED) is 0.942. The Morgan fingerprint density at radius 2 is 2.19 bits per heavy atom. The maximum atomic E-state index is 12.6. The Morgan fingerprint density at radius 3 is 2.90 bits per heavy atom. The van der Waals surface area contributed by atoms with Crippen LogP contribution in [0.1, 0.15) is 24.8 Å². The molecule has 2 aromatic rings. The zero-order chi connectivity index (χ0) is 14.7. The Hall–Kier alpha value is -1.52. The number of carbonyl (C=O) groups is 1. The highest BCUT2D eigenvalue weighted by atomic mass is 32.1. The first kappa shape index (κ1) is 14.4. The van der Waals surface area contributed by atoms with Crippen molar-refractivity contribution in [3.05, 3.63) is 40.7 Å². The topological polar surface area (TPSA) is 42.0 Å². The molecule has 110 valence electrons. The van der Waals surface area contributed by atoms with Crippen molar-refractivity contribution in [3.8, 4) is 11.3 Å². The maximum Gasteiger partial charge on any atom is 0.146 e. The SMILES string of the molecule is CC1(C(=O)Cc2nc(-c3ccccc3)cs2)CCCNC1. The van der Waals surface area contributed by atoms with Crippen LogP contribution >= 0.6 is 11.3 Å². The summed E-state index contributed by atoms with van der Waals surface area (Å²) in [5.41, 5.74) is 1.85. The average Bonchev–Trinajstić information content (AvgIpc) is 2.97. The number of carbonyl (C=O) groups excluding carboxylic acids is 1. The molecule has 1 aromatic carbocycles. The minimum Gasteiger partial charge on any atom is -0.316 e. The van der Waals surface area contributed by atoms with Crippen LogP contribution in [0.15, 0.2) is 35.7 Å². The van der Waals surface area contributed by atoms with E-state index in [0.717, 1.165) is 42.2 Å². The summed E-state index contributed by atoms with van der Waals surface area (Å²) in [5, 5.41) is 6.30. The van der Waals surface area contributed by atoms with Crippen molar-refractivity contribution in [2.24, 2.45) is 5.41 Å². The van der Waals surface area contributed by atoms with E-state index in [-0.39, 0.29) is 5.41 Å². The standard InChI is InChI=1S/C17H20N2OS/c1-17(8-5-9-18-12-17)15(20)10-16-19-14(11-21-16)13-6-3-2-4-7-13/h2-4,6-7,11,18H,5,8-10,12H2,1H3. The monoisotopic (exact) mass is 300 g/mol. The predicted molar refractivity (Wildman–Crippen MR) is 86.5 cm³/mol. The second kappa shape index (κ2) is 6.08. The predicted octanol–water partition coefficient (Wildman–Crippen LogP) is 3.31. The summed E-state index contributed by atoms with van der Waals surface area (Å²) in [7, 11) is 0. The largest absolute Gasteiger partial charge is 0.316 e. The Labute approximate surface area is 129 Å². The van der Waals surface area contributed by atoms with Crippen molar-refractivity contribution in [2.45, 2.75) is 26.2 Å². The first-order valence-electron chi connectivity index (χ1n) is 7.41. The molecule has 0 aliphatic carbocycles. The van der Waals surface area contributed by atoms with Gasteiger partial charge in [0.1, 0.15) is 10.8 Å². The van der Waals surface area contributed by atoms with Crippen molar-refractivity contribution in [1.29, 1.82) is 0 Å². The molecular formula is C17H20N2OS. The number of ketones is 1. The molecule has 0 amide bonds. The van der Waals surface area contributed by atoms with E-state index < -0.39 is 0 Å². The van der Waals surface area contributed by atoms with Crippen molar-refractivity contribution >= 4 is 17.1 Å². The summed E-state index contributed by atoms with van der Waals surface area (Å²) < 4.78 is 0. The van der Waals surface area contributed by atoms with Gasteiger partial charge >= 0.3 is 0 Å². The van der Waals surface area contributed by atoms with Crippen LogP contribution in [0.25, 0.3) is 11.3 Å². The van der Waals surface area contributed by atoms with Crippen LogP contribution in [0.4, 0.5) is 0 Å². The minimum absolute atomic E-state index is 0.225. The third kappa shape index (κ3) is 3.22. The van der Waals surface area contributed by atoms with Gasteiger partial charge in [0.15, 0.2) is 0 Å². The number of thiazole rings is 1. The summed E-state index contributed by atoms with van der Waals surface area (Å²) in [6, 6.07) is 10.1. The van der Waals surface area contributed by atoms with Crippen LogP contribution in [0.3, 0.4) is 0 Å². The zero-order valence-corrected chi connectivity index (χ0v) is 13.1. The molecule has 3 rings (SSSR count). The van der Waals surface area contributed by atoms with Gasteiger partial charge in [0.05, 0.1) is 12.1 Å². The van der Waals surface area contributed by atoms with Gasteiger partial charge in [-0.15, -0.1) is 11.3 Å². The van der Waals surface area contributed by atoms with Crippen molar-refractivity contribution < 1.29 is 4.79 Å². The van der Waals surface area contributed by atoms with Crippen LogP contribution in [0, 0.1) is 5.41 Å². The van der Waals surface area contributed by atoms with E-state index >= 15 is 0 Å². The molecule has 1 fully saturated rings. The van der Waals surface area contributed by atoms with Gasteiger partial charge in [0, 0.05) is 22.9 Å². The molecule has 4 heteroatoms. The number of nitrogens with zero attached hydrogens (tertiary/aromatic N) is 1. The molecule has 1 saturated heterocycles. The molecule has 1 atom stereocenters. The Balaban J connectivity index is 1.71. The average molecular weight is 300 g/mol. The number of rotatable bonds is 4. The minimum atomic E-state index is -0.225. The van der Waals surface area contributed by atoms with Crippen LogP contribution in [0.5, 0.6) is 0 Å². The van der Waals surface area contributed by atoms with Gasteiger partial charge in [0.2, 0.25) is 0 Å². The molecule has 1 unspecified atom stereocenters. The molecule has 0 saturated carbocycles. The molecule has 1 N–H and O–H groups in total. The Bertz CT molecular complexity index is 615. The van der Waals surface area contributed by atoms with Crippen LogP contribution in [-0.2, 0) is 11.2 Å².